The molecule has 0 unspecified atom stereocenters. The van der Waals surface area contributed by atoms with Crippen LogP contribution in [0.25, 0.3) is 10.9 Å². The fourth-order valence-electron chi connectivity index (χ4n) is 2.48. The zero-order chi connectivity index (χ0) is 13.2. The zero-order valence-electron chi connectivity index (χ0n) is 11.1. The van der Waals surface area contributed by atoms with Crippen molar-refractivity contribution in [3.63, 3.8) is 0 Å². The summed E-state index contributed by atoms with van der Waals surface area (Å²) in [5, 5.41) is 1.27. The molecule has 0 atom stereocenters. The molecular weight excluding hydrogens is 252 g/mol. The van der Waals surface area contributed by atoms with Gasteiger partial charge in [0.1, 0.15) is 0 Å². The minimum atomic E-state index is 0.584. The fraction of sp³-hybridized carbons (Fsp3) is 0.250. The lowest BCUT2D eigenvalue weighted by atomic mass is 10.2. The predicted octanol–water partition coefficient (Wildman–Crippen LogP) is 3.77. The predicted molar refractivity (Wildman–Crippen MR) is 82.6 cm³/mol. The number of hydrogen-bond donors (Lipinski definition) is 1. The van der Waals surface area contributed by atoms with Crippen molar-refractivity contribution in [3.05, 3.63) is 57.9 Å². The molecular formula is C16H18N2S. The van der Waals surface area contributed by atoms with Gasteiger partial charge in [-0.3, -0.25) is 0 Å². The Hall–Kier alpha value is -1.58. The first-order valence-electron chi connectivity index (χ1n) is 6.66. The molecule has 19 heavy (non-hydrogen) atoms. The van der Waals surface area contributed by atoms with E-state index in [9.17, 15) is 0 Å². The number of aryl methyl sites for hydroxylation is 1. The van der Waals surface area contributed by atoms with Crippen molar-refractivity contribution in [2.45, 2.75) is 26.4 Å². The maximum Gasteiger partial charge on any atom is 0.0572 e. The molecule has 2 aromatic heterocycles. The summed E-state index contributed by atoms with van der Waals surface area (Å²) < 4.78 is 2.33. The maximum absolute atomic E-state index is 5.88. The van der Waals surface area contributed by atoms with Crippen LogP contribution in [0.15, 0.2) is 42.5 Å². The number of aromatic nitrogens is 1. The largest absolute Gasteiger partial charge is 0.338 e. The first-order chi connectivity index (χ1) is 9.31. The quantitative estimate of drug-likeness (QED) is 0.768. The summed E-state index contributed by atoms with van der Waals surface area (Å²) in [7, 11) is 0. The number of para-hydroxylation sites is 1. The van der Waals surface area contributed by atoms with Crippen molar-refractivity contribution in [1.82, 2.24) is 4.57 Å². The van der Waals surface area contributed by atoms with Crippen molar-refractivity contribution >= 4 is 22.2 Å². The Balaban J connectivity index is 2.03. The van der Waals surface area contributed by atoms with Crippen LogP contribution < -0.4 is 5.73 Å². The summed E-state index contributed by atoms with van der Waals surface area (Å²) in [6.07, 6.45) is 1.11. The molecule has 0 spiro atoms. The lowest BCUT2D eigenvalue weighted by Gasteiger charge is -2.08. The highest BCUT2D eigenvalue weighted by atomic mass is 32.1. The van der Waals surface area contributed by atoms with Crippen LogP contribution in [0.4, 0.5) is 0 Å². The molecule has 2 nitrogen and oxygen atoms in total. The molecule has 3 aromatic rings. The molecule has 1 aromatic carbocycles. The number of benzene rings is 1. The third kappa shape index (κ3) is 2.31. The number of nitrogens with zero attached hydrogens (tertiary/aromatic N) is 1. The minimum Gasteiger partial charge on any atom is -0.338 e. The molecule has 0 bridgehead atoms. The standard InChI is InChI=1S/C16H18N2S/c1-2-14-7-8-15(19-14)11-18-13(10-17)9-12-5-3-4-6-16(12)18/h3-9H,2,10-11,17H2,1H3. The minimum absolute atomic E-state index is 0.584. The molecule has 2 heterocycles. The van der Waals surface area contributed by atoms with Crippen LogP contribution in [0.5, 0.6) is 0 Å². The third-order valence-electron chi connectivity index (χ3n) is 3.49. The van der Waals surface area contributed by atoms with Gasteiger partial charge in [0, 0.05) is 27.5 Å². The van der Waals surface area contributed by atoms with Gasteiger partial charge >= 0.3 is 0 Å². The van der Waals surface area contributed by atoms with Crippen molar-refractivity contribution in [2.75, 3.05) is 0 Å². The van der Waals surface area contributed by atoms with E-state index in [4.69, 9.17) is 5.73 Å². The first kappa shape index (κ1) is 12.5. The topological polar surface area (TPSA) is 30.9 Å². The molecule has 0 radical (unpaired) electrons. The van der Waals surface area contributed by atoms with Gasteiger partial charge in [0.15, 0.2) is 0 Å². The van der Waals surface area contributed by atoms with E-state index in [1.165, 1.54) is 26.4 Å². The van der Waals surface area contributed by atoms with Gasteiger partial charge in [0.2, 0.25) is 0 Å². The van der Waals surface area contributed by atoms with Crippen LogP contribution in [0, 0.1) is 0 Å². The van der Waals surface area contributed by atoms with E-state index < -0.39 is 0 Å². The smallest absolute Gasteiger partial charge is 0.0572 e. The van der Waals surface area contributed by atoms with Crippen molar-refractivity contribution in [2.24, 2.45) is 5.73 Å². The molecule has 0 saturated carbocycles. The fourth-order valence-corrected chi connectivity index (χ4v) is 3.42. The molecule has 0 saturated heterocycles. The molecule has 3 heteroatoms. The lowest BCUT2D eigenvalue weighted by molar-refractivity contribution is 0.777. The average molecular weight is 270 g/mol. The second-order valence-electron chi connectivity index (χ2n) is 4.71. The second-order valence-corrected chi connectivity index (χ2v) is 5.96. The summed E-state index contributed by atoms with van der Waals surface area (Å²) >= 11 is 1.90. The van der Waals surface area contributed by atoms with Crippen LogP contribution >= 0.6 is 11.3 Å². The molecule has 0 aliphatic heterocycles. The van der Waals surface area contributed by atoms with Gasteiger partial charge in [-0.2, -0.15) is 0 Å². The summed E-state index contributed by atoms with van der Waals surface area (Å²) in [6.45, 7) is 3.71. The van der Waals surface area contributed by atoms with Crippen LogP contribution in [0.3, 0.4) is 0 Å². The van der Waals surface area contributed by atoms with E-state index in [0.29, 0.717) is 6.54 Å². The Morgan fingerprint density at radius 1 is 1.11 bits per heavy atom. The Kier molecular flexibility index (Phi) is 3.40. The molecule has 0 fully saturated rings. The normalized spacial score (nSPS) is 11.3. The van der Waals surface area contributed by atoms with Crippen LogP contribution in [0.1, 0.15) is 22.4 Å². The summed E-state index contributed by atoms with van der Waals surface area (Å²) in [4.78, 5) is 2.84. The van der Waals surface area contributed by atoms with Gasteiger partial charge in [-0.05, 0) is 36.1 Å². The number of nitrogens with two attached hydrogens (primary N) is 1. The van der Waals surface area contributed by atoms with E-state index in [1.54, 1.807) is 0 Å². The SMILES string of the molecule is CCc1ccc(Cn2c(CN)cc3ccccc32)s1. The Labute approximate surface area is 117 Å². The van der Waals surface area contributed by atoms with Crippen LogP contribution in [0.2, 0.25) is 0 Å². The zero-order valence-corrected chi connectivity index (χ0v) is 11.9. The highest BCUT2D eigenvalue weighted by molar-refractivity contribution is 7.11. The molecule has 0 aliphatic rings. The molecule has 0 aliphatic carbocycles. The summed E-state index contributed by atoms with van der Waals surface area (Å²) in [6, 6.07) is 15.1. The highest BCUT2D eigenvalue weighted by Crippen LogP contribution is 2.24. The average Bonchev–Trinajstić information content (AvgIpc) is 3.04. The van der Waals surface area contributed by atoms with E-state index >= 15 is 0 Å². The number of hydrogen-bond acceptors (Lipinski definition) is 2. The Bertz CT molecular complexity index is 694. The number of thiophene rings is 1. The van der Waals surface area contributed by atoms with Gasteiger partial charge in [-0.15, -0.1) is 11.3 Å². The van der Waals surface area contributed by atoms with E-state index in [-0.39, 0.29) is 0 Å². The first-order valence-corrected chi connectivity index (χ1v) is 7.48. The summed E-state index contributed by atoms with van der Waals surface area (Å²) in [5.41, 5.74) is 8.36. The molecule has 0 amide bonds. The van der Waals surface area contributed by atoms with Gasteiger partial charge in [0.25, 0.3) is 0 Å². The highest BCUT2D eigenvalue weighted by Gasteiger charge is 2.08. The molecule has 2 N–H and O–H groups in total. The van der Waals surface area contributed by atoms with E-state index in [1.807, 2.05) is 11.3 Å². The summed E-state index contributed by atoms with van der Waals surface area (Å²) in [5.74, 6) is 0. The van der Waals surface area contributed by atoms with Crippen molar-refractivity contribution in [1.29, 1.82) is 0 Å². The monoisotopic (exact) mass is 270 g/mol. The van der Waals surface area contributed by atoms with Crippen molar-refractivity contribution < 1.29 is 0 Å². The van der Waals surface area contributed by atoms with Gasteiger partial charge in [0.05, 0.1) is 6.54 Å². The van der Waals surface area contributed by atoms with Crippen molar-refractivity contribution in [3.8, 4) is 0 Å². The number of rotatable bonds is 4. The lowest BCUT2D eigenvalue weighted by Crippen LogP contribution is -2.07. The maximum atomic E-state index is 5.88. The van der Waals surface area contributed by atoms with Crippen LogP contribution in [-0.2, 0) is 19.5 Å². The van der Waals surface area contributed by atoms with E-state index in [2.05, 4.69) is 54.0 Å². The Morgan fingerprint density at radius 2 is 1.89 bits per heavy atom. The Morgan fingerprint density at radius 3 is 2.63 bits per heavy atom. The molecule has 3 rings (SSSR count). The third-order valence-corrected chi connectivity index (χ3v) is 4.70. The van der Waals surface area contributed by atoms with Gasteiger partial charge in [-0.25, -0.2) is 0 Å². The number of fused-ring (bicyclic) bond motifs is 1. The van der Waals surface area contributed by atoms with Crippen LogP contribution in [-0.4, -0.2) is 4.57 Å². The molecule has 98 valence electrons. The van der Waals surface area contributed by atoms with Gasteiger partial charge < -0.3 is 10.3 Å². The van der Waals surface area contributed by atoms with Gasteiger partial charge in [-0.1, -0.05) is 25.1 Å². The second kappa shape index (κ2) is 5.19. The van der Waals surface area contributed by atoms with E-state index in [0.717, 1.165) is 13.0 Å².